The standard InChI is InChI=1S/C19H18ClFN4S/c1-25-11-10-22-18(25)17(14-4-6-15(20)7-5-14)24-19(26)23-12-13-2-8-16(21)9-3-13/h2-11,17H,12H2,1H3,(H2,23,24,26)/t17-/m1/s1. The molecule has 2 N–H and O–H groups in total. The van der Waals surface area contributed by atoms with Crippen molar-refractivity contribution in [3.63, 3.8) is 0 Å². The van der Waals surface area contributed by atoms with Crippen molar-refractivity contribution in [1.29, 1.82) is 0 Å². The van der Waals surface area contributed by atoms with E-state index in [1.807, 2.05) is 42.1 Å². The molecule has 0 aliphatic heterocycles. The minimum absolute atomic E-state index is 0.222. The molecule has 0 aliphatic rings. The zero-order valence-electron chi connectivity index (χ0n) is 14.1. The predicted octanol–water partition coefficient (Wildman–Crippen LogP) is 3.97. The minimum atomic E-state index is -0.257. The summed E-state index contributed by atoms with van der Waals surface area (Å²) in [5.41, 5.74) is 1.94. The van der Waals surface area contributed by atoms with Crippen LogP contribution in [0, 0.1) is 5.82 Å². The molecule has 1 atom stereocenters. The summed E-state index contributed by atoms with van der Waals surface area (Å²) in [4.78, 5) is 4.43. The minimum Gasteiger partial charge on any atom is -0.359 e. The first kappa shape index (κ1) is 18.4. The molecule has 4 nitrogen and oxygen atoms in total. The lowest BCUT2D eigenvalue weighted by molar-refractivity contribution is 0.626. The number of nitrogens with zero attached hydrogens (tertiary/aromatic N) is 2. The Morgan fingerprint density at radius 3 is 2.50 bits per heavy atom. The van der Waals surface area contributed by atoms with E-state index >= 15 is 0 Å². The van der Waals surface area contributed by atoms with Crippen LogP contribution in [-0.4, -0.2) is 14.7 Å². The fourth-order valence-electron chi connectivity index (χ4n) is 2.57. The Labute approximate surface area is 162 Å². The fraction of sp³-hybridized carbons (Fsp3) is 0.158. The van der Waals surface area contributed by atoms with Gasteiger partial charge in [0.1, 0.15) is 17.7 Å². The van der Waals surface area contributed by atoms with Gasteiger partial charge in [0, 0.05) is 31.0 Å². The summed E-state index contributed by atoms with van der Waals surface area (Å²) < 4.78 is 14.9. The Hall–Kier alpha value is -2.44. The predicted molar refractivity (Wildman–Crippen MR) is 105 cm³/mol. The van der Waals surface area contributed by atoms with Gasteiger partial charge in [-0.1, -0.05) is 35.9 Å². The van der Waals surface area contributed by atoms with Gasteiger partial charge in [-0.15, -0.1) is 0 Å². The second-order valence-corrected chi connectivity index (χ2v) is 6.68. The molecule has 3 aromatic rings. The van der Waals surface area contributed by atoms with E-state index in [9.17, 15) is 4.39 Å². The summed E-state index contributed by atoms with van der Waals surface area (Å²) in [6.45, 7) is 0.500. The van der Waals surface area contributed by atoms with Crippen LogP contribution in [0.1, 0.15) is 23.0 Å². The van der Waals surface area contributed by atoms with Crippen LogP contribution in [-0.2, 0) is 13.6 Å². The van der Waals surface area contributed by atoms with E-state index in [0.29, 0.717) is 16.7 Å². The van der Waals surface area contributed by atoms with Gasteiger partial charge >= 0.3 is 0 Å². The van der Waals surface area contributed by atoms with Gasteiger partial charge in [-0.25, -0.2) is 9.37 Å². The van der Waals surface area contributed by atoms with Gasteiger partial charge in [-0.3, -0.25) is 0 Å². The van der Waals surface area contributed by atoms with Gasteiger partial charge in [0.25, 0.3) is 0 Å². The van der Waals surface area contributed by atoms with Crippen molar-refractivity contribution in [1.82, 2.24) is 20.2 Å². The molecule has 0 radical (unpaired) electrons. The zero-order valence-corrected chi connectivity index (χ0v) is 15.7. The van der Waals surface area contributed by atoms with Gasteiger partial charge in [-0.2, -0.15) is 0 Å². The molecule has 1 aromatic heterocycles. The SMILES string of the molecule is Cn1ccnc1[C@H](NC(=S)NCc1ccc(F)cc1)c1ccc(Cl)cc1. The average Bonchev–Trinajstić information content (AvgIpc) is 3.06. The molecule has 0 spiro atoms. The first-order chi connectivity index (χ1) is 12.5. The molecule has 0 amide bonds. The van der Waals surface area contributed by atoms with E-state index in [1.165, 1.54) is 12.1 Å². The first-order valence-electron chi connectivity index (χ1n) is 8.04. The number of benzene rings is 2. The molecule has 2 aromatic carbocycles. The number of imidazole rings is 1. The van der Waals surface area contributed by atoms with Crippen LogP contribution in [0.5, 0.6) is 0 Å². The van der Waals surface area contributed by atoms with E-state index < -0.39 is 0 Å². The van der Waals surface area contributed by atoms with E-state index in [4.69, 9.17) is 23.8 Å². The largest absolute Gasteiger partial charge is 0.359 e. The normalized spacial score (nSPS) is 11.8. The van der Waals surface area contributed by atoms with Crippen molar-refractivity contribution >= 4 is 28.9 Å². The molecule has 1 heterocycles. The highest BCUT2D eigenvalue weighted by molar-refractivity contribution is 7.80. The fourth-order valence-corrected chi connectivity index (χ4v) is 2.89. The molecule has 0 bridgehead atoms. The van der Waals surface area contributed by atoms with Crippen molar-refractivity contribution < 1.29 is 4.39 Å². The maximum absolute atomic E-state index is 13.0. The van der Waals surface area contributed by atoms with Crippen molar-refractivity contribution in [2.75, 3.05) is 0 Å². The smallest absolute Gasteiger partial charge is 0.167 e. The number of nitrogens with one attached hydrogen (secondary N) is 2. The lowest BCUT2D eigenvalue weighted by Gasteiger charge is -2.21. The van der Waals surface area contributed by atoms with Gasteiger partial charge < -0.3 is 15.2 Å². The highest BCUT2D eigenvalue weighted by Crippen LogP contribution is 2.22. The molecular weight excluding hydrogens is 371 g/mol. The molecule has 0 saturated carbocycles. The average molecular weight is 389 g/mol. The second kappa shape index (κ2) is 8.29. The second-order valence-electron chi connectivity index (χ2n) is 5.83. The van der Waals surface area contributed by atoms with Crippen molar-refractivity contribution in [2.24, 2.45) is 7.05 Å². The summed E-state index contributed by atoms with van der Waals surface area (Å²) in [5, 5.41) is 7.60. The lowest BCUT2D eigenvalue weighted by Crippen LogP contribution is -2.38. The van der Waals surface area contributed by atoms with Gasteiger partial charge in [0.05, 0.1) is 0 Å². The zero-order chi connectivity index (χ0) is 18.5. The number of thiocarbonyl (C=S) groups is 1. The Morgan fingerprint density at radius 1 is 1.19 bits per heavy atom. The Balaban J connectivity index is 1.73. The molecule has 134 valence electrons. The lowest BCUT2D eigenvalue weighted by atomic mass is 10.1. The van der Waals surface area contributed by atoms with Gasteiger partial charge in [0.2, 0.25) is 0 Å². The molecule has 0 unspecified atom stereocenters. The van der Waals surface area contributed by atoms with Crippen LogP contribution in [0.3, 0.4) is 0 Å². The Bertz CT molecular complexity index is 877. The summed E-state index contributed by atoms with van der Waals surface area (Å²) in [7, 11) is 1.93. The maximum atomic E-state index is 13.0. The topological polar surface area (TPSA) is 41.9 Å². The highest BCUT2D eigenvalue weighted by Gasteiger charge is 2.19. The molecule has 0 saturated heterocycles. The van der Waals surface area contributed by atoms with Crippen LogP contribution in [0.2, 0.25) is 5.02 Å². The third-order valence-corrected chi connectivity index (χ3v) is 4.48. The van der Waals surface area contributed by atoms with Crippen molar-refractivity contribution in [2.45, 2.75) is 12.6 Å². The molecule has 0 aliphatic carbocycles. The van der Waals surface area contributed by atoms with E-state index in [2.05, 4.69) is 15.6 Å². The summed E-state index contributed by atoms with van der Waals surface area (Å²) in [5.74, 6) is 0.574. The molecule has 3 rings (SSSR count). The summed E-state index contributed by atoms with van der Waals surface area (Å²) in [6.07, 6.45) is 3.63. The monoisotopic (exact) mass is 388 g/mol. The van der Waals surface area contributed by atoms with Crippen LogP contribution < -0.4 is 10.6 Å². The van der Waals surface area contributed by atoms with Gasteiger partial charge in [0.15, 0.2) is 5.11 Å². The molecule has 0 fully saturated rings. The summed E-state index contributed by atoms with van der Waals surface area (Å²) >= 11 is 11.4. The number of hydrogen-bond acceptors (Lipinski definition) is 2. The van der Waals surface area contributed by atoms with Crippen LogP contribution in [0.4, 0.5) is 4.39 Å². The molecule has 7 heteroatoms. The van der Waals surface area contributed by atoms with E-state index in [0.717, 1.165) is 17.0 Å². The van der Waals surface area contributed by atoms with Crippen molar-refractivity contribution in [3.05, 3.63) is 88.7 Å². The number of halogens is 2. The highest BCUT2D eigenvalue weighted by atomic mass is 35.5. The van der Waals surface area contributed by atoms with Crippen molar-refractivity contribution in [3.8, 4) is 0 Å². The summed E-state index contributed by atoms with van der Waals surface area (Å²) in [6, 6.07) is 13.6. The van der Waals surface area contributed by atoms with Crippen LogP contribution in [0.15, 0.2) is 60.9 Å². The van der Waals surface area contributed by atoms with Crippen LogP contribution >= 0.6 is 23.8 Å². The number of rotatable bonds is 5. The van der Waals surface area contributed by atoms with Crippen LogP contribution in [0.25, 0.3) is 0 Å². The van der Waals surface area contributed by atoms with Gasteiger partial charge in [-0.05, 0) is 47.6 Å². The molecule has 26 heavy (non-hydrogen) atoms. The number of aromatic nitrogens is 2. The first-order valence-corrected chi connectivity index (χ1v) is 8.83. The molecular formula is C19H18ClFN4S. The number of aryl methyl sites for hydroxylation is 1. The van der Waals surface area contributed by atoms with E-state index in [-0.39, 0.29) is 11.9 Å². The third-order valence-electron chi connectivity index (χ3n) is 3.96. The quantitative estimate of drug-likeness (QED) is 0.649. The number of hydrogen-bond donors (Lipinski definition) is 2. The maximum Gasteiger partial charge on any atom is 0.167 e. The van der Waals surface area contributed by atoms with E-state index in [1.54, 1.807) is 18.3 Å². The third kappa shape index (κ3) is 4.59. The Morgan fingerprint density at radius 2 is 1.88 bits per heavy atom. The Kier molecular flexibility index (Phi) is 5.85.